The lowest BCUT2D eigenvalue weighted by atomic mass is 10.3. The summed E-state index contributed by atoms with van der Waals surface area (Å²) >= 11 is 1.07. The molecule has 0 saturated heterocycles. The summed E-state index contributed by atoms with van der Waals surface area (Å²) in [6.45, 7) is 2.04. The standard InChI is InChI=1S/C14H13FN2O4S/c1-9-12(17(19)20)8-13(22-9)14(18)16-6-7-21-11-4-2-10(15)3-5-11/h2-5,8H,6-7H2,1H3,(H,16,18). The van der Waals surface area contributed by atoms with E-state index in [-0.39, 0.29) is 35.4 Å². The normalized spacial score (nSPS) is 10.3. The molecular formula is C14H13FN2O4S. The molecule has 2 aromatic rings. The van der Waals surface area contributed by atoms with Crippen molar-refractivity contribution < 1.29 is 18.8 Å². The molecular weight excluding hydrogens is 311 g/mol. The molecule has 0 spiro atoms. The average Bonchev–Trinajstić information content (AvgIpc) is 2.87. The van der Waals surface area contributed by atoms with Gasteiger partial charge in [-0.2, -0.15) is 0 Å². The third-order valence-electron chi connectivity index (χ3n) is 2.78. The van der Waals surface area contributed by atoms with Crippen LogP contribution in [0.2, 0.25) is 0 Å². The highest BCUT2D eigenvalue weighted by Crippen LogP contribution is 2.27. The van der Waals surface area contributed by atoms with Gasteiger partial charge in [-0.3, -0.25) is 14.9 Å². The predicted octanol–water partition coefficient (Wildman–Crippen LogP) is 2.91. The topological polar surface area (TPSA) is 81.5 Å². The summed E-state index contributed by atoms with van der Waals surface area (Å²) in [5.74, 6) is -0.238. The molecule has 0 fully saturated rings. The van der Waals surface area contributed by atoms with E-state index in [1.54, 1.807) is 6.92 Å². The molecule has 1 amide bonds. The number of hydrogen-bond donors (Lipinski definition) is 1. The van der Waals surface area contributed by atoms with Crippen molar-refractivity contribution in [3.63, 3.8) is 0 Å². The number of rotatable bonds is 6. The maximum atomic E-state index is 12.7. The minimum Gasteiger partial charge on any atom is -0.492 e. The Labute approximate surface area is 129 Å². The molecule has 0 saturated carbocycles. The molecule has 8 heteroatoms. The Morgan fingerprint density at radius 2 is 2.09 bits per heavy atom. The highest BCUT2D eigenvalue weighted by molar-refractivity contribution is 7.14. The molecule has 1 heterocycles. The number of nitrogens with zero attached hydrogens (tertiary/aromatic N) is 1. The first-order valence-electron chi connectivity index (χ1n) is 6.39. The van der Waals surface area contributed by atoms with Gasteiger partial charge in [0.15, 0.2) is 0 Å². The van der Waals surface area contributed by atoms with E-state index in [2.05, 4.69) is 5.32 Å². The van der Waals surface area contributed by atoms with Crippen LogP contribution in [0.15, 0.2) is 30.3 Å². The predicted molar refractivity (Wildman–Crippen MR) is 79.9 cm³/mol. The molecule has 1 aromatic carbocycles. The van der Waals surface area contributed by atoms with Gasteiger partial charge < -0.3 is 10.1 Å². The second-order valence-corrected chi connectivity index (χ2v) is 5.62. The van der Waals surface area contributed by atoms with Gasteiger partial charge in [-0.25, -0.2) is 4.39 Å². The van der Waals surface area contributed by atoms with Crippen molar-refractivity contribution in [2.75, 3.05) is 13.2 Å². The molecule has 0 aliphatic rings. The lowest BCUT2D eigenvalue weighted by molar-refractivity contribution is -0.385. The van der Waals surface area contributed by atoms with E-state index >= 15 is 0 Å². The number of hydrogen-bond acceptors (Lipinski definition) is 5. The number of nitro groups is 1. The van der Waals surface area contributed by atoms with Crippen LogP contribution in [0.1, 0.15) is 14.5 Å². The van der Waals surface area contributed by atoms with Crippen molar-refractivity contribution >= 4 is 22.9 Å². The molecule has 0 atom stereocenters. The lowest BCUT2D eigenvalue weighted by Gasteiger charge is -2.06. The van der Waals surface area contributed by atoms with Crippen LogP contribution in [0.3, 0.4) is 0 Å². The highest BCUT2D eigenvalue weighted by atomic mass is 32.1. The Bertz CT molecular complexity index is 685. The maximum Gasteiger partial charge on any atom is 0.283 e. The molecule has 6 nitrogen and oxygen atoms in total. The summed E-state index contributed by atoms with van der Waals surface area (Å²) < 4.78 is 18.0. The largest absolute Gasteiger partial charge is 0.492 e. The van der Waals surface area contributed by atoms with Gasteiger partial charge in [0.25, 0.3) is 11.6 Å². The van der Waals surface area contributed by atoms with Crippen LogP contribution in [-0.4, -0.2) is 24.0 Å². The smallest absolute Gasteiger partial charge is 0.283 e. The number of thiophene rings is 1. The van der Waals surface area contributed by atoms with E-state index in [9.17, 15) is 19.3 Å². The number of carbonyl (C=O) groups excluding carboxylic acids is 1. The molecule has 2 rings (SSSR count). The second kappa shape index (κ2) is 6.99. The molecule has 116 valence electrons. The van der Waals surface area contributed by atoms with E-state index in [0.717, 1.165) is 11.3 Å². The number of nitrogens with one attached hydrogen (secondary N) is 1. The monoisotopic (exact) mass is 324 g/mol. The zero-order chi connectivity index (χ0) is 16.1. The van der Waals surface area contributed by atoms with Crippen LogP contribution < -0.4 is 10.1 Å². The van der Waals surface area contributed by atoms with Crippen molar-refractivity contribution in [1.29, 1.82) is 0 Å². The Kier molecular flexibility index (Phi) is 5.05. The van der Waals surface area contributed by atoms with Gasteiger partial charge in [-0.15, -0.1) is 11.3 Å². The van der Waals surface area contributed by atoms with Crippen LogP contribution in [0.4, 0.5) is 10.1 Å². The Morgan fingerprint density at radius 1 is 1.41 bits per heavy atom. The number of amides is 1. The first kappa shape index (κ1) is 15.9. The molecule has 1 N–H and O–H groups in total. The van der Waals surface area contributed by atoms with E-state index < -0.39 is 4.92 Å². The number of aryl methyl sites for hydroxylation is 1. The van der Waals surface area contributed by atoms with Gasteiger partial charge in [0, 0.05) is 6.07 Å². The van der Waals surface area contributed by atoms with Crippen molar-refractivity contribution in [1.82, 2.24) is 5.32 Å². The maximum absolute atomic E-state index is 12.7. The first-order chi connectivity index (χ1) is 10.5. The SMILES string of the molecule is Cc1sc(C(=O)NCCOc2ccc(F)cc2)cc1[N+](=O)[O-]. The van der Waals surface area contributed by atoms with Crippen LogP contribution in [0.5, 0.6) is 5.75 Å². The molecule has 0 bridgehead atoms. The third-order valence-corrected chi connectivity index (χ3v) is 3.82. The molecule has 0 aliphatic heterocycles. The molecule has 0 radical (unpaired) electrons. The summed E-state index contributed by atoms with van der Waals surface area (Å²) in [6, 6.07) is 6.80. The lowest BCUT2D eigenvalue weighted by Crippen LogP contribution is -2.27. The zero-order valence-electron chi connectivity index (χ0n) is 11.7. The van der Waals surface area contributed by atoms with Crippen molar-refractivity contribution in [3.8, 4) is 5.75 Å². The van der Waals surface area contributed by atoms with Gasteiger partial charge in [0.2, 0.25) is 0 Å². The minimum absolute atomic E-state index is 0.0577. The number of ether oxygens (including phenoxy) is 1. The number of carbonyl (C=O) groups is 1. The van der Waals surface area contributed by atoms with Crippen LogP contribution in [-0.2, 0) is 0 Å². The van der Waals surface area contributed by atoms with Crippen molar-refractivity contribution in [2.45, 2.75) is 6.92 Å². The van der Waals surface area contributed by atoms with Gasteiger partial charge in [0.1, 0.15) is 18.2 Å². The fraction of sp³-hybridized carbons (Fsp3) is 0.214. The van der Waals surface area contributed by atoms with Crippen molar-refractivity contribution in [2.24, 2.45) is 0 Å². The highest BCUT2D eigenvalue weighted by Gasteiger charge is 2.19. The summed E-state index contributed by atoms with van der Waals surface area (Å²) in [7, 11) is 0. The average molecular weight is 324 g/mol. The molecule has 0 aliphatic carbocycles. The zero-order valence-corrected chi connectivity index (χ0v) is 12.5. The van der Waals surface area contributed by atoms with Crippen molar-refractivity contribution in [3.05, 3.63) is 56.0 Å². The summed E-state index contributed by atoms with van der Waals surface area (Å²) in [5.41, 5.74) is -0.0577. The van der Waals surface area contributed by atoms with Crippen LogP contribution in [0.25, 0.3) is 0 Å². The van der Waals surface area contributed by atoms with Crippen LogP contribution >= 0.6 is 11.3 Å². The third kappa shape index (κ3) is 4.01. The van der Waals surface area contributed by atoms with E-state index in [4.69, 9.17) is 4.74 Å². The summed E-state index contributed by atoms with van der Waals surface area (Å²) in [5, 5.41) is 13.3. The Morgan fingerprint density at radius 3 is 2.68 bits per heavy atom. The van der Waals surface area contributed by atoms with Gasteiger partial charge in [0.05, 0.1) is 21.2 Å². The minimum atomic E-state index is -0.514. The van der Waals surface area contributed by atoms with E-state index in [0.29, 0.717) is 10.6 Å². The number of halogens is 1. The van der Waals surface area contributed by atoms with Crippen LogP contribution in [0, 0.1) is 22.9 Å². The van der Waals surface area contributed by atoms with Gasteiger partial charge in [-0.1, -0.05) is 0 Å². The molecule has 1 aromatic heterocycles. The van der Waals surface area contributed by atoms with Gasteiger partial charge >= 0.3 is 0 Å². The first-order valence-corrected chi connectivity index (χ1v) is 7.20. The summed E-state index contributed by atoms with van der Waals surface area (Å²) in [6.07, 6.45) is 0. The van der Waals surface area contributed by atoms with Gasteiger partial charge in [-0.05, 0) is 31.2 Å². The number of benzene rings is 1. The van der Waals surface area contributed by atoms with E-state index in [1.807, 2.05) is 0 Å². The van der Waals surface area contributed by atoms with E-state index in [1.165, 1.54) is 30.3 Å². The fourth-order valence-electron chi connectivity index (χ4n) is 1.72. The Balaban J connectivity index is 1.81. The molecule has 0 unspecified atom stereocenters. The summed E-state index contributed by atoms with van der Waals surface area (Å²) in [4.78, 5) is 22.8. The quantitative estimate of drug-likeness (QED) is 0.503. The second-order valence-electron chi connectivity index (χ2n) is 4.37. The fourth-order valence-corrected chi connectivity index (χ4v) is 2.62. The molecule has 22 heavy (non-hydrogen) atoms. The Hall–Kier alpha value is -2.48.